The number of thioether (sulfide) groups is 1. The number of esters is 2. The number of nitro benzene ring substituents is 1. The van der Waals surface area contributed by atoms with E-state index in [0.717, 1.165) is 11.3 Å². The van der Waals surface area contributed by atoms with Gasteiger partial charge in [-0.2, -0.15) is 0 Å². The summed E-state index contributed by atoms with van der Waals surface area (Å²) in [5.74, 6) is -2.88. The summed E-state index contributed by atoms with van der Waals surface area (Å²) in [4.78, 5) is 74.8. The third-order valence-corrected chi connectivity index (χ3v) is 9.82. The summed E-state index contributed by atoms with van der Waals surface area (Å²) in [6.07, 6.45) is -0.852. The number of non-ortho nitro benzene ring substituents is 1. The summed E-state index contributed by atoms with van der Waals surface area (Å²) < 4.78 is 11.6. The monoisotopic (exact) mass is 728 g/mol. The highest BCUT2D eigenvalue weighted by molar-refractivity contribution is 8.00. The van der Waals surface area contributed by atoms with Gasteiger partial charge in [0.25, 0.3) is 17.5 Å². The number of nitrogen functional groups attached to an aromatic ring is 1. The molecule has 6 rings (SSSR count). The van der Waals surface area contributed by atoms with Gasteiger partial charge in [-0.05, 0) is 23.3 Å². The number of nitrogens with zero attached hydrogens (tertiary/aromatic N) is 4. The quantitative estimate of drug-likeness (QED) is 0.0702. The number of aromatic nitrogens is 1. The van der Waals surface area contributed by atoms with Crippen molar-refractivity contribution < 1.29 is 38.4 Å². The summed E-state index contributed by atoms with van der Waals surface area (Å²) in [7, 11) is 1.26. The van der Waals surface area contributed by atoms with E-state index >= 15 is 0 Å². The molecule has 1 unspecified atom stereocenters. The molecule has 3 heterocycles. The van der Waals surface area contributed by atoms with Gasteiger partial charge in [-0.25, -0.2) is 14.6 Å². The molecule has 2 aliphatic heterocycles. The molecule has 1 saturated heterocycles. The van der Waals surface area contributed by atoms with E-state index in [9.17, 15) is 29.3 Å². The highest BCUT2D eigenvalue weighted by Gasteiger charge is 2.55. The van der Waals surface area contributed by atoms with E-state index in [1.807, 2.05) is 36.4 Å². The normalized spacial score (nSPS) is 16.9. The predicted molar refractivity (Wildman–Crippen MR) is 186 cm³/mol. The van der Waals surface area contributed by atoms with Crippen LogP contribution in [-0.4, -0.2) is 75.2 Å². The molecule has 2 atom stereocenters. The van der Waals surface area contributed by atoms with Crippen LogP contribution in [0.2, 0.25) is 0 Å². The van der Waals surface area contributed by atoms with Gasteiger partial charge in [0.15, 0.2) is 16.9 Å². The van der Waals surface area contributed by atoms with Crippen molar-refractivity contribution in [1.29, 1.82) is 0 Å². The number of anilines is 1. The number of carbonyl (C=O) groups excluding carboxylic acids is 4. The number of nitrogens with two attached hydrogens (primary N) is 1. The first-order valence-corrected chi connectivity index (χ1v) is 17.1. The molecule has 0 radical (unpaired) electrons. The van der Waals surface area contributed by atoms with Crippen molar-refractivity contribution in [3.05, 3.63) is 134 Å². The number of nitro groups is 1. The van der Waals surface area contributed by atoms with Gasteiger partial charge in [0.2, 0.25) is 0 Å². The van der Waals surface area contributed by atoms with Gasteiger partial charge in [0.05, 0.1) is 10.5 Å². The molecule has 17 heteroatoms. The Morgan fingerprint density at radius 1 is 1.04 bits per heavy atom. The zero-order valence-corrected chi connectivity index (χ0v) is 28.3. The molecule has 4 aromatic rings. The van der Waals surface area contributed by atoms with E-state index in [1.54, 1.807) is 24.3 Å². The van der Waals surface area contributed by atoms with Crippen molar-refractivity contribution in [3.8, 4) is 0 Å². The summed E-state index contributed by atoms with van der Waals surface area (Å²) in [5, 5.41) is 18.5. The zero-order chi connectivity index (χ0) is 36.1. The number of hydrogen-bond donors (Lipinski definition) is 2. The second-order valence-corrected chi connectivity index (χ2v) is 13.0. The molecule has 0 saturated carbocycles. The van der Waals surface area contributed by atoms with Crippen molar-refractivity contribution >= 4 is 63.4 Å². The number of oxime groups is 1. The fraction of sp³-hybridized carbons (Fsp3) is 0.176. The van der Waals surface area contributed by atoms with E-state index in [4.69, 9.17) is 20.0 Å². The van der Waals surface area contributed by atoms with Gasteiger partial charge >= 0.3 is 11.9 Å². The minimum Gasteiger partial charge on any atom is -0.457 e. The Morgan fingerprint density at radius 3 is 2.25 bits per heavy atom. The maximum atomic E-state index is 14.2. The van der Waals surface area contributed by atoms with Crippen molar-refractivity contribution in [3.63, 3.8) is 0 Å². The maximum absolute atomic E-state index is 14.2. The van der Waals surface area contributed by atoms with E-state index in [2.05, 4.69) is 15.5 Å². The Balaban J connectivity index is 1.28. The molecular formula is C34H28N6O9S2. The number of carbonyl (C=O) groups is 4. The Hall–Kier alpha value is -6.07. The maximum Gasteiger partial charge on any atom is 0.356 e. The van der Waals surface area contributed by atoms with Crippen LogP contribution in [0.25, 0.3) is 0 Å². The van der Waals surface area contributed by atoms with Crippen LogP contribution in [0.5, 0.6) is 0 Å². The lowest BCUT2D eigenvalue weighted by atomic mass is 10.0. The smallest absolute Gasteiger partial charge is 0.356 e. The van der Waals surface area contributed by atoms with Crippen LogP contribution in [0, 0.1) is 10.1 Å². The number of nitrogens with one attached hydrogen (secondary N) is 1. The lowest BCUT2D eigenvalue weighted by Crippen LogP contribution is -2.71. The van der Waals surface area contributed by atoms with E-state index in [1.165, 1.54) is 53.4 Å². The van der Waals surface area contributed by atoms with Gasteiger partial charge < -0.3 is 25.4 Å². The number of β-lactam (4-membered cyclic amide) rings is 1. The first-order valence-electron chi connectivity index (χ1n) is 15.2. The summed E-state index contributed by atoms with van der Waals surface area (Å²) in [6, 6.07) is 21.9. The van der Waals surface area contributed by atoms with Crippen molar-refractivity contribution in [2.45, 2.75) is 17.5 Å². The zero-order valence-electron chi connectivity index (χ0n) is 26.7. The topological polar surface area (TPSA) is 206 Å². The average molecular weight is 729 g/mol. The van der Waals surface area contributed by atoms with Gasteiger partial charge in [0.1, 0.15) is 36.5 Å². The van der Waals surface area contributed by atoms with E-state index in [0.29, 0.717) is 11.1 Å². The molecule has 260 valence electrons. The first-order chi connectivity index (χ1) is 24.7. The first kappa shape index (κ1) is 34.8. The number of fused-ring (bicyclic) bond motifs is 1. The lowest BCUT2D eigenvalue weighted by Gasteiger charge is -2.49. The largest absolute Gasteiger partial charge is 0.457 e. The second kappa shape index (κ2) is 15.2. The fourth-order valence-electron chi connectivity index (χ4n) is 5.39. The number of hydrogen-bond acceptors (Lipinski definition) is 14. The standard InChI is InChI=1S/C34H28N6O9S2/c1-47-38-25(24-18-51-34(35)36-24)29(41)37-26-30(42)39-27(33(44)49-28(19-8-4-2-5-9-19)20-10-6-3-7-11-20)22(17-50-31(26)39)16-48-32(43)21-12-14-23(15-13-21)40(45)46/h2-15,18,26,28,31H,16-17H2,1H3,(H2,35,36)(H,37,41)/t26?,31-/m1/s1. The van der Waals surface area contributed by atoms with Crippen LogP contribution in [0.3, 0.4) is 0 Å². The highest BCUT2D eigenvalue weighted by atomic mass is 32.2. The van der Waals surface area contributed by atoms with Crippen molar-refractivity contribution in [2.75, 3.05) is 25.2 Å². The third-order valence-electron chi connectivity index (χ3n) is 7.81. The average Bonchev–Trinajstić information content (AvgIpc) is 3.59. The van der Waals surface area contributed by atoms with Gasteiger partial charge in [-0.1, -0.05) is 65.8 Å². The van der Waals surface area contributed by atoms with E-state index < -0.39 is 52.8 Å². The van der Waals surface area contributed by atoms with Crippen LogP contribution < -0.4 is 11.1 Å². The molecular weight excluding hydrogens is 701 g/mol. The number of ether oxygens (including phenoxy) is 2. The molecule has 51 heavy (non-hydrogen) atoms. The number of rotatable bonds is 12. The summed E-state index contributed by atoms with van der Waals surface area (Å²) in [6.45, 7) is -0.391. The Bertz CT molecular complexity index is 2000. The van der Waals surface area contributed by atoms with Gasteiger partial charge in [-0.3, -0.25) is 24.6 Å². The fourth-order valence-corrected chi connectivity index (χ4v) is 7.26. The minimum absolute atomic E-state index is 0.0538. The van der Waals surface area contributed by atoms with Gasteiger partial charge in [0, 0.05) is 28.8 Å². The molecule has 0 aliphatic carbocycles. The van der Waals surface area contributed by atoms with E-state index in [-0.39, 0.29) is 44.8 Å². The molecule has 3 N–H and O–H groups in total. The van der Waals surface area contributed by atoms with Crippen LogP contribution in [0.1, 0.15) is 33.3 Å². The van der Waals surface area contributed by atoms with Crippen LogP contribution in [-0.2, 0) is 28.7 Å². The van der Waals surface area contributed by atoms with Crippen LogP contribution in [0.15, 0.2) is 107 Å². The summed E-state index contributed by atoms with van der Waals surface area (Å²) in [5.41, 5.74) is 7.07. The molecule has 1 aromatic heterocycles. The molecule has 2 amide bonds. The predicted octanol–water partition coefficient (Wildman–Crippen LogP) is 3.83. The molecule has 0 spiro atoms. The third kappa shape index (κ3) is 7.43. The SMILES string of the molecule is CON=C(C(=O)NC1C(=O)N2C(C(=O)OC(c3ccccc3)c3ccccc3)=C(COC(=O)c3ccc([N+](=O)[O-])cc3)CS[C@H]12)c1csc(N)n1. The minimum atomic E-state index is -1.06. The van der Waals surface area contributed by atoms with Gasteiger partial charge in [-0.15, -0.1) is 23.1 Å². The summed E-state index contributed by atoms with van der Waals surface area (Å²) >= 11 is 2.34. The van der Waals surface area contributed by atoms with Crippen molar-refractivity contribution in [1.82, 2.24) is 15.2 Å². The molecule has 3 aromatic carbocycles. The molecule has 0 bridgehead atoms. The van der Waals surface area contributed by atoms with Crippen molar-refractivity contribution in [2.24, 2.45) is 5.16 Å². The molecule has 1 fully saturated rings. The number of thiazole rings is 1. The lowest BCUT2D eigenvalue weighted by molar-refractivity contribution is -0.384. The van der Waals surface area contributed by atoms with Crippen LogP contribution >= 0.6 is 23.1 Å². The Labute approximate surface area is 298 Å². The molecule has 15 nitrogen and oxygen atoms in total. The number of amides is 2. The highest BCUT2D eigenvalue weighted by Crippen LogP contribution is 2.42. The second-order valence-electron chi connectivity index (χ2n) is 11.0. The Morgan fingerprint density at radius 2 is 1.69 bits per heavy atom. The molecule has 2 aliphatic rings. The Kier molecular flexibility index (Phi) is 10.4. The number of benzene rings is 3. The van der Waals surface area contributed by atoms with Crippen LogP contribution in [0.4, 0.5) is 10.8 Å².